The number of benzene rings is 1. The van der Waals surface area contributed by atoms with E-state index in [0.29, 0.717) is 5.92 Å². The van der Waals surface area contributed by atoms with E-state index >= 15 is 0 Å². The van der Waals surface area contributed by atoms with Gasteiger partial charge >= 0.3 is 0 Å². The van der Waals surface area contributed by atoms with Crippen LogP contribution in [0.1, 0.15) is 31.2 Å². The van der Waals surface area contributed by atoms with Gasteiger partial charge in [0.1, 0.15) is 5.92 Å². The van der Waals surface area contributed by atoms with E-state index in [4.69, 9.17) is 10.9 Å². The van der Waals surface area contributed by atoms with Crippen LogP contribution in [-0.4, -0.2) is 23.0 Å². The Morgan fingerprint density at radius 2 is 2.05 bits per heavy atom. The Balaban J connectivity index is 2.12. The molecular weight excluding hydrogens is 242 g/mol. The normalized spacial score (nSPS) is 24.4. The number of nitrogens with one attached hydrogen (secondary N) is 1. The monoisotopic (exact) mass is 261 g/mol. The summed E-state index contributed by atoms with van der Waals surface area (Å²) in [6.45, 7) is 2.15. The molecule has 1 aliphatic rings. The van der Waals surface area contributed by atoms with Gasteiger partial charge in [-0.05, 0) is 24.3 Å². The Hall–Kier alpha value is -2.04. The summed E-state index contributed by atoms with van der Waals surface area (Å²) in [5.41, 5.74) is 6.38. The van der Waals surface area contributed by atoms with Crippen LogP contribution in [0.25, 0.3) is 0 Å². The molecule has 5 heteroatoms. The number of rotatable bonds is 4. The molecule has 0 bridgehead atoms. The van der Waals surface area contributed by atoms with Crippen LogP contribution in [0.15, 0.2) is 35.5 Å². The van der Waals surface area contributed by atoms with Crippen LogP contribution < -0.4 is 11.1 Å². The van der Waals surface area contributed by atoms with Gasteiger partial charge in [-0.15, -0.1) is 0 Å². The number of hydrogen-bond donors (Lipinski definition) is 3. The van der Waals surface area contributed by atoms with Crippen LogP contribution in [0.5, 0.6) is 0 Å². The van der Waals surface area contributed by atoms with E-state index in [1.54, 1.807) is 12.1 Å². The molecular formula is C14H19N3O2. The third kappa shape index (κ3) is 3.05. The first kappa shape index (κ1) is 13.4. The molecule has 1 amide bonds. The minimum absolute atomic E-state index is 0.0870. The Labute approximate surface area is 112 Å². The van der Waals surface area contributed by atoms with E-state index in [9.17, 15) is 4.79 Å². The maximum absolute atomic E-state index is 12.3. The highest BCUT2D eigenvalue weighted by atomic mass is 16.4. The fraction of sp³-hybridized carbons (Fsp3) is 0.429. The van der Waals surface area contributed by atoms with Gasteiger partial charge in [-0.25, -0.2) is 0 Å². The second-order valence-corrected chi connectivity index (χ2v) is 5.15. The first-order valence-corrected chi connectivity index (χ1v) is 6.44. The topological polar surface area (TPSA) is 87.7 Å². The molecule has 102 valence electrons. The number of nitrogens with two attached hydrogens (primary N) is 1. The molecule has 0 saturated heterocycles. The van der Waals surface area contributed by atoms with Gasteiger partial charge in [0, 0.05) is 6.04 Å². The summed E-state index contributed by atoms with van der Waals surface area (Å²) >= 11 is 0. The summed E-state index contributed by atoms with van der Waals surface area (Å²) in [5, 5.41) is 14.8. The number of nitrogens with zero attached hydrogens (tertiary/aromatic N) is 1. The molecule has 1 aliphatic carbocycles. The summed E-state index contributed by atoms with van der Waals surface area (Å²) in [4.78, 5) is 12.3. The summed E-state index contributed by atoms with van der Waals surface area (Å²) in [6, 6.07) is 9.31. The highest BCUT2D eigenvalue weighted by Gasteiger charge is 2.31. The van der Waals surface area contributed by atoms with E-state index in [1.807, 2.05) is 18.2 Å². The number of amides is 1. The third-order valence-electron chi connectivity index (χ3n) is 3.53. The Bertz CT molecular complexity index is 467. The number of carbonyl (C=O) groups excluding carboxylic acids is 1. The molecule has 0 spiro atoms. The Morgan fingerprint density at radius 1 is 1.42 bits per heavy atom. The van der Waals surface area contributed by atoms with E-state index in [-0.39, 0.29) is 17.8 Å². The van der Waals surface area contributed by atoms with Gasteiger partial charge in [0.2, 0.25) is 5.91 Å². The molecule has 5 nitrogen and oxygen atoms in total. The van der Waals surface area contributed by atoms with E-state index in [2.05, 4.69) is 17.4 Å². The lowest BCUT2D eigenvalue weighted by Gasteiger charge is -2.34. The highest BCUT2D eigenvalue weighted by molar-refractivity contribution is 6.07. The first-order chi connectivity index (χ1) is 9.11. The largest absolute Gasteiger partial charge is 0.409 e. The van der Waals surface area contributed by atoms with Crippen molar-refractivity contribution in [1.82, 2.24) is 5.32 Å². The second kappa shape index (κ2) is 5.73. The number of oxime groups is 1. The zero-order valence-corrected chi connectivity index (χ0v) is 10.9. The van der Waals surface area contributed by atoms with Crippen LogP contribution in [0.2, 0.25) is 0 Å². The van der Waals surface area contributed by atoms with E-state index in [0.717, 1.165) is 18.4 Å². The fourth-order valence-electron chi connectivity index (χ4n) is 2.46. The van der Waals surface area contributed by atoms with Crippen LogP contribution in [0, 0.1) is 5.92 Å². The van der Waals surface area contributed by atoms with E-state index in [1.165, 1.54) is 0 Å². The average molecular weight is 261 g/mol. The van der Waals surface area contributed by atoms with Gasteiger partial charge in [0.05, 0.1) is 0 Å². The minimum Gasteiger partial charge on any atom is -0.409 e. The maximum Gasteiger partial charge on any atom is 0.235 e. The molecule has 2 rings (SSSR count). The Morgan fingerprint density at radius 3 is 2.58 bits per heavy atom. The molecule has 1 aromatic rings. The maximum atomic E-state index is 12.3. The van der Waals surface area contributed by atoms with Crippen molar-refractivity contribution in [3.63, 3.8) is 0 Å². The molecule has 1 saturated carbocycles. The predicted molar refractivity (Wildman–Crippen MR) is 72.9 cm³/mol. The molecule has 4 N–H and O–H groups in total. The standard InChI is InChI=1S/C14H19N3O2/c1-9-7-11(8-9)16-14(18)12(13(15)17-19)10-5-3-2-4-6-10/h2-6,9,11-12,19H,7-8H2,1H3,(H2,15,17)(H,16,18). The minimum atomic E-state index is -0.734. The van der Waals surface area contributed by atoms with Crippen molar-refractivity contribution >= 4 is 11.7 Å². The number of carbonyl (C=O) groups is 1. The molecule has 0 aromatic heterocycles. The molecule has 1 aromatic carbocycles. The average Bonchev–Trinajstić information content (AvgIpc) is 2.38. The molecule has 1 fully saturated rings. The lowest BCUT2D eigenvalue weighted by Crippen LogP contribution is -2.47. The van der Waals surface area contributed by atoms with Crippen LogP contribution >= 0.6 is 0 Å². The molecule has 1 atom stereocenters. The fourth-order valence-corrected chi connectivity index (χ4v) is 2.46. The molecule has 0 heterocycles. The molecule has 19 heavy (non-hydrogen) atoms. The molecule has 0 aliphatic heterocycles. The molecule has 1 unspecified atom stereocenters. The number of hydrogen-bond acceptors (Lipinski definition) is 3. The van der Waals surface area contributed by atoms with Gasteiger partial charge in [0.25, 0.3) is 0 Å². The third-order valence-corrected chi connectivity index (χ3v) is 3.53. The summed E-state index contributed by atoms with van der Waals surface area (Å²) < 4.78 is 0. The van der Waals surface area contributed by atoms with Gasteiger partial charge in [-0.1, -0.05) is 42.4 Å². The van der Waals surface area contributed by atoms with Crippen molar-refractivity contribution < 1.29 is 10.0 Å². The molecule has 0 radical (unpaired) electrons. The SMILES string of the molecule is CC1CC(NC(=O)C(/C(N)=N/O)c2ccccc2)C1. The van der Waals surface area contributed by atoms with Gasteiger partial charge in [-0.3, -0.25) is 4.79 Å². The highest BCUT2D eigenvalue weighted by Crippen LogP contribution is 2.27. The van der Waals surface area contributed by atoms with Crippen LogP contribution in [0.3, 0.4) is 0 Å². The Kier molecular flexibility index (Phi) is 4.04. The van der Waals surface area contributed by atoms with Crippen LogP contribution in [0.4, 0.5) is 0 Å². The van der Waals surface area contributed by atoms with Crippen molar-refractivity contribution in [1.29, 1.82) is 0 Å². The number of amidine groups is 1. The lowest BCUT2D eigenvalue weighted by molar-refractivity contribution is -0.122. The summed E-state index contributed by atoms with van der Waals surface area (Å²) in [6.07, 6.45) is 1.98. The summed E-state index contributed by atoms with van der Waals surface area (Å²) in [5.74, 6) is -0.374. The quantitative estimate of drug-likeness (QED) is 0.331. The van der Waals surface area contributed by atoms with Gasteiger partial charge < -0.3 is 16.3 Å². The van der Waals surface area contributed by atoms with Crippen molar-refractivity contribution in [3.05, 3.63) is 35.9 Å². The van der Waals surface area contributed by atoms with Gasteiger partial charge in [0.15, 0.2) is 5.84 Å². The summed E-state index contributed by atoms with van der Waals surface area (Å²) in [7, 11) is 0. The zero-order valence-electron chi connectivity index (χ0n) is 10.9. The predicted octanol–water partition coefficient (Wildman–Crippen LogP) is 1.43. The first-order valence-electron chi connectivity index (χ1n) is 6.44. The van der Waals surface area contributed by atoms with E-state index < -0.39 is 5.92 Å². The van der Waals surface area contributed by atoms with Crippen molar-refractivity contribution in [3.8, 4) is 0 Å². The van der Waals surface area contributed by atoms with Crippen molar-refractivity contribution in [2.24, 2.45) is 16.8 Å². The van der Waals surface area contributed by atoms with Crippen molar-refractivity contribution in [2.75, 3.05) is 0 Å². The second-order valence-electron chi connectivity index (χ2n) is 5.15. The zero-order chi connectivity index (χ0) is 13.8. The lowest BCUT2D eigenvalue weighted by atomic mass is 9.81. The van der Waals surface area contributed by atoms with Gasteiger partial charge in [-0.2, -0.15) is 0 Å². The van der Waals surface area contributed by atoms with Crippen LogP contribution in [-0.2, 0) is 4.79 Å². The smallest absolute Gasteiger partial charge is 0.235 e. The van der Waals surface area contributed by atoms with Crippen molar-refractivity contribution in [2.45, 2.75) is 31.7 Å².